The van der Waals surface area contributed by atoms with Crippen molar-refractivity contribution < 1.29 is 41.4 Å². The number of hydrogen-bond donors (Lipinski definition) is 5. The van der Waals surface area contributed by atoms with Crippen LogP contribution in [-0.4, -0.2) is 58.6 Å². The van der Waals surface area contributed by atoms with E-state index in [1.165, 1.54) is 48.6 Å². The molecule has 12 nitrogen and oxygen atoms in total. The van der Waals surface area contributed by atoms with Crippen LogP contribution < -0.4 is 21.1 Å². The van der Waals surface area contributed by atoms with Crippen LogP contribution in [0.15, 0.2) is 93.4 Å². The lowest BCUT2D eigenvalue weighted by Crippen LogP contribution is -2.15. The van der Waals surface area contributed by atoms with Gasteiger partial charge in [-0.15, -0.1) is 0 Å². The maximum absolute atomic E-state index is 12.6. The van der Waals surface area contributed by atoms with Gasteiger partial charge in [-0.25, -0.2) is 16.8 Å². The number of aliphatic hydroxyl groups is 1. The van der Waals surface area contributed by atoms with Gasteiger partial charge in [0.15, 0.2) is 0 Å². The minimum Gasteiger partial charge on any atom is -0.507 e. The standard InChI is InChI=1S/C18H17ClN2O4S.C15H10ClNO4S.C4H10O/c19-13-3-5-16(25-8-1-7-20)15(10-13)18(22)21-14-4-2-12-6-9-26(23,24)17(12)11-14;16-10-2-4-13(18)12(7-10)15(19)17-11-3-1-9-5-6-22(20,21)14(9)8-11;1-2-3-4-5/h2-6,9-11H,1,7-8,20H2,(H,21,22);1-8,18H,(H,17,19);5H,2-4H2,1H3. The van der Waals surface area contributed by atoms with E-state index < -0.39 is 31.5 Å². The number of halogens is 2. The van der Waals surface area contributed by atoms with Crippen LogP contribution >= 0.6 is 23.2 Å². The monoisotopic (exact) mass is 801 g/mol. The average molecular weight is 803 g/mol. The Morgan fingerprint density at radius 1 is 0.736 bits per heavy atom. The smallest absolute Gasteiger partial charge is 0.259 e. The second-order valence-corrected chi connectivity index (χ2v) is 16.0. The van der Waals surface area contributed by atoms with Crippen LogP contribution in [0.2, 0.25) is 10.0 Å². The predicted molar refractivity (Wildman–Crippen MR) is 207 cm³/mol. The summed E-state index contributed by atoms with van der Waals surface area (Å²) in [6, 6.07) is 18.1. The van der Waals surface area contributed by atoms with Crippen LogP contribution in [-0.2, 0) is 19.7 Å². The Kier molecular flexibility index (Phi) is 14.2. The number of carbonyl (C=O) groups is 2. The van der Waals surface area contributed by atoms with Crippen molar-refractivity contribution in [3.8, 4) is 11.5 Å². The zero-order chi connectivity index (χ0) is 38.8. The highest BCUT2D eigenvalue weighted by Crippen LogP contribution is 2.32. The number of nitrogens with one attached hydrogen (secondary N) is 2. The van der Waals surface area contributed by atoms with Gasteiger partial charge in [-0.2, -0.15) is 0 Å². The molecule has 2 amide bonds. The summed E-state index contributed by atoms with van der Waals surface area (Å²) in [4.78, 5) is 25.1. The quantitative estimate of drug-likeness (QED) is 0.105. The molecule has 2 aliphatic rings. The number of unbranched alkanes of at least 4 members (excludes halogenated alkanes) is 1. The van der Waals surface area contributed by atoms with Crippen molar-refractivity contribution in [1.82, 2.24) is 0 Å². The van der Waals surface area contributed by atoms with Gasteiger partial charge in [-0.1, -0.05) is 48.7 Å². The van der Waals surface area contributed by atoms with Crippen LogP contribution in [0.4, 0.5) is 11.4 Å². The molecule has 2 heterocycles. The van der Waals surface area contributed by atoms with Gasteiger partial charge in [0, 0.05) is 38.8 Å². The lowest BCUT2D eigenvalue weighted by molar-refractivity contribution is 0.101. The van der Waals surface area contributed by atoms with Gasteiger partial charge in [0.05, 0.1) is 27.5 Å². The van der Waals surface area contributed by atoms with Crippen LogP contribution in [0.5, 0.6) is 11.5 Å². The highest BCUT2D eigenvalue weighted by atomic mass is 35.5. The molecule has 4 aromatic rings. The number of phenolic OH excluding ortho intramolecular Hbond substituents is 1. The molecule has 53 heavy (non-hydrogen) atoms. The van der Waals surface area contributed by atoms with Crippen molar-refractivity contribution in [1.29, 1.82) is 0 Å². The van der Waals surface area contributed by atoms with E-state index in [2.05, 4.69) is 17.6 Å². The number of nitrogens with two attached hydrogens (primary N) is 1. The maximum Gasteiger partial charge on any atom is 0.259 e. The number of aliphatic hydroxyl groups excluding tert-OH is 1. The normalized spacial score (nSPS) is 13.8. The molecule has 0 radical (unpaired) electrons. The van der Waals surface area contributed by atoms with E-state index in [1.54, 1.807) is 36.4 Å². The topological polar surface area (TPSA) is 202 Å². The van der Waals surface area contributed by atoms with Gasteiger partial charge in [0.25, 0.3) is 11.8 Å². The summed E-state index contributed by atoms with van der Waals surface area (Å²) in [6.45, 7) is 3.25. The van der Waals surface area contributed by atoms with Gasteiger partial charge in [-0.05, 0) is 103 Å². The Morgan fingerprint density at radius 3 is 1.74 bits per heavy atom. The van der Waals surface area contributed by atoms with E-state index in [9.17, 15) is 31.5 Å². The summed E-state index contributed by atoms with van der Waals surface area (Å²) in [6.07, 6.45) is 5.71. The lowest BCUT2D eigenvalue weighted by Gasteiger charge is -2.12. The summed E-state index contributed by atoms with van der Waals surface area (Å²) in [7, 11) is -6.89. The molecule has 6 N–H and O–H groups in total. The number of phenols is 1. The van der Waals surface area contributed by atoms with Crippen molar-refractivity contribution in [2.24, 2.45) is 5.73 Å². The van der Waals surface area contributed by atoms with Crippen LogP contribution in [0, 0.1) is 0 Å². The average Bonchev–Trinajstić information content (AvgIpc) is 3.60. The van der Waals surface area contributed by atoms with E-state index in [0.717, 1.165) is 23.7 Å². The van der Waals surface area contributed by atoms with Gasteiger partial charge < -0.3 is 31.3 Å². The number of fused-ring (bicyclic) bond motifs is 2. The second-order valence-electron chi connectivity index (χ2n) is 11.5. The Morgan fingerprint density at radius 2 is 1.25 bits per heavy atom. The van der Waals surface area contributed by atoms with Gasteiger partial charge in [0.2, 0.25) is 19.7 Å². The number of rotatable bonds is 10. The molecular formula is C37H37Cl2N3O9S2. The van der Waals surface area contributed by atoms with E-state index in [4.69, 9.17) is 38.8 Å². The van der Waals surface area contributed by atoms with Crippen molar-refractivity contribution in [3.63, 3.8) is 0 Å². The molecule has 0 unspecified atom stereocenters. The fourth-order valence-corrected chi connectivity index (χ4v) is 7.58. The number of sulfone groups is 2. The zero-order valence-electron chi connectivity index (χ0n) is 28.4. The van der Waals surface area contributed by atoms with Crippen molar-refractivity contribution in [3.05, 3.63) is 116 Å². The molecule has 0 saturated carbocycles. The molecule has 0 bridgehead atoms. The van der Waals surface area contributed by atoms with Gasteiger partial charge in [0.1, 0.15) is 11.5 Å². The Balaban J connectivity index is 0.000000212. The third kappa shape index (κ3) is 10.9. The Bertz CT molecular complexity index is 2280. The molecule has 6 rings (SSSR count). The minimum absolute atomic E-state index is 0.00832. The highest BCUT2D eigenvalue weighted by Gasteiger charge is 2.23. The number of ether oxygens (including phenoxy) is 1. The first-order valence-corrected chi connectivity index (χ1v) is 20.0. The molecule has 0 aliphatic carbocycles. The first kappa shape index (κ1) is 41.1. The first-order valence-electron chi connectivity index (χ1n) is 16.2. The van der Waals surface area contributed by atoms with Gasteiger partial charge >= 0.3 is 0 Å². The molecule has 0 saturated heterocycles. The number of amides is 2. The minimum atomic E-state index is -3.45. The highest BCUT2D eigenvalue weighted by molar-refractivity contribution is 7.95. The summed E-state index contributed by atoms with van der Waals surface area (Å²) >= 11 is 11.8. The molecule has 0 atom stereocenters. The number of anilines is 2. The summed E-state index contributed by atoms with van der Waals surface area (Å²) < 4.78 is 53.1. The van der Waals surface area contributed by atoms with E-state index in [1.807, 2.05) is 0 Å². The SMILES string of the molecule is CCCCO.NCCCOc1ccc(Cl)cc1C(=O)Nc1ccc2c(c1)S(=O)(=O)C=C2.O=C(Nc1ccc2c(c1)S(=O)(=O)C=C2)c1cc(Cl)ccc1O. The van der Waals surface area contributed by atoms with Crippen molar-refractivity contribution in [2.75, 3.05) is 30.4 Å². The summed E-state index contributed by atoms with van der Waals surface area (Å²) in [5.41, 5.74) is 7.57. The Labute approximate surface area is 317 Å². The molecule has 0 fully saturated rings. The fraction of sp³-hybridized carbons (Fsp3) is 0.189. The molecule has 0 aromatic heterocycles. The largest absolute Gasteiger partial charge is 0.507 e. The first-order chi connectivity index (χ1) is 25.2. The second kappa shape index (κ2) is 18.4. The number of hydrogen-bond acceptors (Lipinski definition) is 10. The number of benzene rings is 4. The van der Waals surface area contributed by atoms with Crippen molar-refractivity contribution in [2.45, 2.75) is 36.0 Å². The number of aromatic hydroxyl groups is 1. The molecule has 2 aliphatic heterocycles. The lowest BCUT2D eigenvalue weighted by atomic mass is 10.1. The molecule has 280 valence electrons. The molecule has 16 heteroatoms. The van der Waals surface area contributed by atoms with E-state index in [-0.39, 0.29) is 26.7 Å². The summed E-state index contributed by atoms with van der Waals surface area (Å²) in [5, 5.41) is 26.0. The molecule has 0 spiro atoms. The van der Waals surface area contributed by atoms with E-state index >= 15 is 0 Å². The number of carbonyl (C=O) groups excluding carboxylic acids is 2. The van der Waals surface area contributed by atoms with Crippen LogP contribution in [0.1, 0.15) is 58.0 Å². The fourth-order valence-electron chi connectivity index (χ4n) is 4.78. The molecular weight excluding hydrogens is 765 g/mol. The maximum atomic E-state index is 12.6. The third-order valence-corrected chi connectivity index (χ3v) is 10.9. The van der Waals surface area contributed by atoms with E-state index in [0.29, 0.717) is 64.5 Å². The third-order valence-electron chi connectivity index (χ3n) is 7.52. The summed E-state index contributed by atoms with van der Waals surface area (Å²) in [5.74, 6) is -0.852. The molecule has 4 aromatic carbocycles. The van der Waals surface area contributed by atoms with Crippen LogP contribution in [0.25, 0.3) is 12.2 Å². The van der Waals surface area contributed by atoms with Gasteiger partial charge in [-0.3, -0.25) is 9.59 Å². The van der Waals surface area contributed by atoms with Crippen molar-refractivity contribution >= 4 is 78.2 Å². The zero-order valence-corrected chi connectivity index (χ0v) is 31.5. The Hall–Kier alpha value is -4.70. The van der Waals surface area contributed by atoms with Crippen LogP contribution in [0.3, 0.4) is 0 Å². The predicted octanol–water partition coefficient (Wildman–Crippen LogP) is 6.91.